The van der Waals surface area contributed by atoms with Crippen LogP contribution in [-0.2, 0) is 0 Å². The molecule has 1 aromatic rings. The van der Waals surface area contributed by atoms with E-state index in [0.717, 1.165) is 6.42 Å². The van der Waals surface area contributed by atoms with Crippen LogP contribution >= 0.6 is 11.3 Å². The summed E-state index contributed by atoms with van der Waals surface area (Å²) < 4.78 is 0. The van der Waals surface area contributed by atoms with Crippen LogP contribution < -0.4 is 11.3 Å². The largest absolute Gasteiger partial charge is 0.271 e. The Bertz CT molecular complexity index is 325. The Kier molecular flexibility index (Phi) is 4.53. The Morgan fingerprint density at radius 1 is 1.44 bits per heavy atom. The normalized spacial score (nSPS) is 16.1. The zero-order valence-corrected chi connectivity index (χ0v) is 11.8. The van der Waals surface area contributed by atoms with E-state index >= 15 is 0 Å². The molecule has 3 heteroatoms. The molecule has 0 saturated carbocycles. The van der Waals surface area contributed by atoms with Gasteiger partial charge in [0.25, 0.3) is 0 Å². The van der Waals surface area contributed by atoms with Crippen LogP contribution in [0.15, 0.2) is 11.4 Å². The number of thiophene rings is 1. The zero-order chi connectivity index (χ0) is 12.3. The van der Waals surface area contributed by atoms with Crippen LogP contribution in [0.1, 0.15) is 50.6 Å². The fourth-order valence-corrected chi connectivity index (χ4v) is 2.41. The molecule has 0 aromatic carbocycles. The predicted octanol–water partition coefficient (Wildman–Crippen LogP) is 3.63. The maximum absolute atomic E-state index is 5.66. The van der Waals surface area contributed by atoms with Gasteiger partial charge in [-0.3, -0.25) is 11.3 Å². The lowest BCUT2D eigenvalue weighted by atomic mass is 9.78. The SMILES string of the molecule is Cc1cc(C(CC(C)C(C)(C)C)NN)cs1. The Labute approximate surface area is 103 Å². The Morgan fingerprint density at radius 3 is 2.44 bits per heavy atom. The molecule has 0 amide bonds. The van der Waals surface area contributed by atoms with E-state index in [1.165, 1.54) is 10.4 Å². The molecule has 2 atom stereocenters. The molecule has 0 saturated heterocycles. The molecule has 1 heterocycles. The molecular weight excluding hydrogens is 216 g/mol. The van der Waals surface area contributed by atoms with Gasteiger partial charge in [-0.2, -0.15) is 0 Å². The van der Waals surface area contributed by atoms with Gasteiger partial charge in [-0.05, 0) is 41.7 Å². The Balaban J connectivity index is 2.70. The fourth-order valence-electron chi connectivity index (χ4n) is 1.65. The van der Waals surface area contributed by atoms with E-state index in [-0.39, 0.29) is 6.04 Å². The summed E-state index contributed by atoms with van der Waals surface area (Å²) in [5.41, 5.74) is 4.60. The number of hydrogen-bond donors (Lipinski definition) is 2. The smallest absolute Gasteiger partial charge is 0.0471 e. The lowest BCUT2D eigenvalue weighted by Crippen LogP contribution is -2.31. The molecule has 0 radical (unpaired) electrons. The summed E-state index contributed by atoms with van der Waals surface area (Å²) in [4.78, 5) is 1.35. The molecule has 0 bridgehead atoms. The number of nitrogens with one attached hydrogen (secondary N) is 1. The van der Waals surface area contributed by atoms with Crippen LogP contribution in [0.2, 0.25) is 0 Å². The highest BCUT2D eigenvalue weighted by atomic mass is 32.1. The zero-order valence-electron chi connectivity index (χ0n) is 11.0. The van der Waals surface area contributed by atoms with Crippen LogP contribution in [-0.4, -0.2) is 0 Å². The minimum Gasteiger partial charge on any atom is -0.271 e. The molecule has 0 aliphatic carbocycles. The van der Waals surface area contributed by atoms with Crippen molar-refractivity contribution in [3.63, 3.8) is 0 Å². The van der Waals surface area contributed by atoms with E-state index in [1.54, 1.807) is 11.3 Å². The van der Waals surface area contributed by atoms with Crippen molar-refractivity contribution in [1.82, 2.24) is 5.43 Å². The second-order valence-corrected chi connectivity index (χ2v) is 6.83. The summed E-state index contributed by atoms with van der Waals surface area (Å²) in [7, 11) is 0. The van der Waals surface area contributed by atoms with E-state index in [1.807, 2.05) is 0 Å². The van der Waals surface area contributed by atoms with Crippen LogP contribution in [0.25, 0.3) is 0 Å². The van der Waals surface area contributed by atoms with Crippen LogP contribution in [0, 0.1) is 18.3 Å². The van der Waals surface area contributed by atoms with Gasteiger partial charge in [0.15, 0.2) is 0 Å². The Morgan fingerprint density at radius 2 is 2.06 bits per heavy atom. The molecule has 16 heavy (non-hydrogen) atoms. The standard InChI is InChI=1S/C13H24N2S/c1-9(13(3,4)5)6-12(15-14)11-7-10(2)16-8-11/h7-9,12,15H,6,14H2,1-5H3. The second kappa shape index (κ2) is 5.30. The molecule has 0 fully saturated rings. The third kappa shape index (κ3) is 3.58. The Hall–Kier alpha value is -0.380. The van der Waals surface area contributed by atoms with Crippen molar-refractivity contribution in [3.8, 4) is 0 Å². The van der Waals surface area contributed by atoms with Crippen LogP contribution in [0.3, 0.4) is 0 Å². The van der Waals surface area contributed by atoms with E-state index in [9.17, 15) is 0 Å². The van der Waals surface area contributed by atoms with Crippen molar-refractivity contribution in [2.24, 2.45) is 17.2 Å². The van der Waals surface area contributed by atoms with Crippen molar-refractivity contribution in [2.45, 2.75) is 47.1 Å². The number of hydrazine groups is 1. The van der Waals surface area contributed by atoms with Crippen molar-refractivity contribution in [3.05, 3.63) is 21.9 Å². The highest BCUT2D eigenvalue weighted by Gasteiger charge is 2.24. The maximum Gasteiger partial charge on any atom is 0.0471 e. The molecule has 0 aliphatic heterocycles. The summed E-state index contributed by atoms with van der Waals surface area (Å²) in [6.07, 6.45) is 1.08. The van der Waals surface area contributed by atoms with Gasteiger partial charge in [0.05, 0.1) is 0 Å². The third-order valence-electron chi connectivity index (χ3n) is 3.42. The molecule has 0 spiro atoms. The summed E-state index contributed by atoms with van der Waals surface area (Å²) >= 11 is 1.79. The fraction of sp³-hybridized carbons (Fsp3) is 0.692. The molecule has 1 rings (SSSR count). The first-order valence-electron chi connectivity index (χ1n) is 5.85. The molecule has 0 aliphatic rings. The van der Waals surface area contributed by atoms with Crippen molar-refractivity contribution in [1.29, 1.82) is 0 Å². The highest BCUT2D eigenvalue weighted by molar-refractivity contribution is 7.10. The summed E-state index contributed by atoms with van der Waals surface area (Å²) in [6.45, 7) is 11.3. The summed E-state index contributed by atoms with van der Waals surface area (Å²) in [5, 5.41) is 2.20. The quantitative estimate of drug-likeness (QED) is 0.623. The lowest BCUT2D eigenvalue weighted by Gasteiger charge is -2.30. The second-order valence-electron chi connectivity index (χ2n) is 5.71. The van der Waals surface area contributed by atoms with Gasteiger partial charge in [0, 0.05) is 10.9 Å². The van der Waals surface area contributed by atoms with E-state index < -0.39 is 0 Å². The van der Waals surface area contributed by atoms with Crippen molar-refractivity contribution >= 4 is 11.3 Å². The van der Waals surface area contributed by atoms with Gasteiger partial charge in [-0.25, -0.2) is 0 Å². The first-order valence-corrected chi connectivity index (χ1v) is 6.73. The molecule has 2 nitrogen and oxygen atoms in total. The monoisotopic (exact) mass is 240 g/mol. The summed E-state index contributed by atoms with van der Waals surface area (Å²) in [5.74, 6) is 6.29. The minimum absolute atomic E-state index is 0.277. The lowest BCUT2D eigenvalue weighted by molar-refractivity contribution is 0.223. The minimum atomic E-state index is 0.277. The first-order chi connectivity index (χ1) is 7.34. The van der Waals surface area contributed by atoms with Gasteiger partial charge in [0.2, 0.25) is 0 Å². The topological polar surface area (TPSA) is 38.0 Å². The average Bonchev–Trinajstić information content (AvgIpc) is 2.59. The average molecular weight is 240 g/mol. The predicted molar refractivity (Wildman–Crippen MR) is 72.4 cm³/mol. The van der Waals surface area contributed by atoms with E-state index in [4.69, 9.17) is 5.84 Å². The number of hydrogen-bond acceptors (Lipinski definition) is 3. The number of nitrogens with two attached hydrogens (primary N) is 1. The van der Waals surface area contributed by atoms with E-state index in [0.29, 0.717) is 11.3 Å². The molecule has 2 unspecified atom stereocenters. The van der Waals surface area contributed by atoms with Gasteiger partial charge in [0.1, 0.15) is 0 Å². The molecule has 92 valence electrons. The highest BCUT2D eigenvalue weighted by Crippen LogP contribution is 2.33. The van der Waals surface area contributed by atoms with Crippen molar-refractivity contribution in [2.75, 3.05) is 0 Å². The maximum atomic E-state index is 5.66. The number of rotatable bonds is 4. The van der Waals surface area contributed by atoms with Gasteiger partial charge >= 0.3 is 0 Å². The van der Waals surface area contributed by atoms with Gasteiger partial charge < -0.3 is 0 Å². The molecule has 1 aromatic heterocycles. The van der Waals surface area contributed by atoms with Gasteiger partial charge in [-0.1, -0.05) is 27.7 Å². The molecular formula is C13H24N2S. The first kappa shape index (κ1) is 13.7. The van der Waals surface area contributed by atoms with E-state index in [2.05, 4.69) is 51.5 Å². The van der Waals surface area contributed by atoms with Crippen LogP contribution in [0.5, 0.6) is 0 Å². The van der Waals surface area contributed by atoms with Crippen molar-refractivity contribution < 1.29 is 0 Å². The van der Waals surface area contributed by atoms with Crippen LogP contribution in [0.4, 0.5) is 0 Å². The third-order valence-corrected chi connectivity index (χ3v) is 4.30. The molecule has 3 N–H and O–H groups in total. The summed E-state index contributed by atoms with van der Waals surface area (Å²) in [6, 6.07) is 2.50. The van der Waals surface area contributed by atoms with Gasteiger partial charge in [-0.15, -0.1) is 11.3 Å². The number of aryl methyl sites for hydroxylation is 1.